The van der Waals surface area contributed by atoms with Crippen LogP contribution in [0.15, 0.2) is 42.6 Å². The van der Waals surface area contributed by atoms with Crippen LogP contribution in [-0.4, -0.2) is 80.5 Å². The molecule has 2 aromatic carbocycles. The van der Waals surface area contributed by atoms with E-state index >= 15 is 0 Å². The fourth-order valence-corrected chi connectivity index (χ4v) is 5.66. The Kier molecular flexibility index (Phi) is 8.76. The molecule has 0 bridgehead atoms. The number of rotatable bonds is 8. The highest BCUT2D eigenvalue weighted by molar-refractivity contribution is 6.40. The lowest BCUT2D eigenvalue weighted by Crippen LogP contribution is -2.52. The van der Waals surface area contributed by atoms with Gasteiger partial charge in [0.05, 0.1) is 29.0 Å². The third-order valence-electron chi connectivity index (χ3n) is 6.97. The van der Waals surface area contributed by atoms with Crippen LogP contribution in [0.1, 0.15) is 22.0 Å². The summed E-state index contributed by atoms with van der Waals surface area (Å²) in [6.07, 6.45) is -3.57. The number of carbonyl (C=O) groups is 1. The van der Waals surface area contributed by atoms with Gasteiger partial charge < -0.3 is 30.3 Å². The lowest BCUT2D eigenvalue weighted by atomic mass is 10.0. The summed E-state index contributed by atoms with van der Waals surface area (Å²) in [5, 5.41) is 17.4. The maximum Gasteiger partial charge on any atom is 0.268 e. The molecular formula is C27H29Cl2F2N7O3. The Hall–Kier alpha value is -3.29. The van der Waals surface area contributed by atoms with Gasteiger partial charge in [-0.3, -0.25) is 9.69 Å². The predicted octanol–water partition coefficient (Wildman–Crippen LogP) is 4.30. The van der Waals surface area contributed by atoms with Crippen LogP contribution in [0.25, 0.3) is 0 Å². The molecular weight excluding hydrogens is 579 g/mol. The van der Waals surface area contributed by atoms with Crippen LogP contribution >= 0.6 is 23.2 Å². The van der Waals surface area contributed by atoms with Crippen molar-refractivity contribution < 1.29 is 23.4 Å². The molecule has 1 saturated heterocycles. The number of alkyl halides is 2. The van der Waals surface area contributed by atoms with E-state index < -0.39 is 12.5 Å². The van der Waals surface area contributed by atoms with E-state index in [1.807, 2.05) is 4.90 Å². The highest BCUT2D eigenvalue weighted by atomic mass is 35.5. The highest BCUT2D eigenvalue weighted by Gasteiger charge is 2.33. The van der Waals surface area contributed by atoms with Gasteiger partial charge in [0, 0.05) is 63.0 Å². The van der Waals surface area contributed by atoms with Gasteiger partial charge in [0.25, 0.3) is 12.3 Å². The molecule has 0 saturated carbocycles. The molecule has 218 valence electrons. The smallest absolute Gasteiger partial charge is 0.268 e. The Morgan fingerprint density at radius 3 is 2.71 bits per heavy atom. The zero-order chi connectivity index (χ0) is 29.3. The highest BCUT2D eigenvalue weighted by Crippen LogP contribution is 2.38. The maximum atomic E-state index is 13.7. The van der Waals surface area contributed by atoms with Gasteiger partial charge in [0.1, 0.15) is 17.5 Å². The van der Waals surface area contributed by atoms with Gasteiger partial charge in [-0.15, -0.1) is 0 Å². The Bertz CT molecular complexity index is 1410. The molecule has 3 N–H and O–H groups in total. The number of amides is 1. The average Bonchev–Trinajstić information content (AvgIpc) is 2.95. The van der Waals surface area contributed by atoms with Gasteiger partial charge in [-0.1, -0.05) is 29.3 Å². The number of hydrogen-bond acceptors (Lipinski definition) is 9. The average molecular weight is 608 g/mol. The zero-order valence-corrected chi connectivity index (χ0v) is 23.8. The number of fused-ring (bicyclic) bond motifs is 1. The number of aromatic nitrogens is 2. The van der Waals surface area contributed by atoms with Crippen molar-refractivity contribution >= 4 is 57.9 Å². The van der Waals surface area contributed by atoms with Crippen LogP contribution in [0.2, 0.25) is 10.0 Å². The van der Waals surface area contributed by atoms with Crippen molar-refractivity contribution in [2.24, 2.45) is 0 Å². The van der Waals surface area contributed by atoms with E-state index in [4.69, 9.17) is 27.9 Å². The minimum Gasteiger partial charge on any atom is -0.383 e. The van der Waals surface area contributed by atoms with E-state index in [0.29, 0.717) is 59.2 Å². The summed E-state index contributed by atoms with van der Waals surface area (Å²) in [5.74, 6) is 0.163. The summed E-state index contributed by atoms with van der Waals surface area (Å²) in [6.45, 7) is 2.38. The largest absolute Gasteiger partial charge is 0.383 e. The number of aliphatic hydroxyl groups is 1. The number of para-hydroxylation sites is 1. The standard InChI is InChI=1S/C27H29Cl2F2N7O3/c1-36-14-38(22-19(28)4-3-5-20(22)29)26(40)18-11-33-27(35-25(18)36)34-15-6-7-21(17(10-15)23(39)24(30)31)37-9-8-32-16(12-37)13-41-2/h3-7,10-11,16,23-24,32,39H,8-9,12-14H2,1-2H3,(H,33,34,35)/t16-,23-/m1/s1. The minimum absolute atomic E-state index is 0.0246. The number of benzene rings is 2. The molecule has 1 amide bonds. The summed E-state index contributed by atoms with van der Waals surface area (Å²) >= 11 is 12.7. The van der Waals surface area contributed by atoms with Crippen molar-refractivity contribution in [1.29, 1.82) is 0 Å². The maximum absolute atomic E-state index is 13.7. The summed E-state index contributed by atoms with van der Waals surface area (Å²) in [5.41, 5.74) is 1.64. The molecule has 0 radical (unpaired) electrons. The van der Waals surface area contributed by atoms with E-state index in [1.54, 1.807) is 49.4 Å². The zero-order valence-electron chi connectivity index (χ0n) is 22.3. The normalized spacial score (nSPS) is 18.1. The first-order valence-corrected chi connectivity index (χ1v) is 13.6. The van der Waals surface area contributed by atoms with E-state index in [1.165, 1.54) is 17.2 Å². The Morgan fingerprint density at radius 1 is 1.24 bits per heavy atom. The van der Waals surface area contributed by atoms with E-state index in [-0.39, 0.29) is 35.7 Å². The van der Waals surface area contributed by atoms with Crippen LogP contribution in [0.4, 0.5) is 37.6 Å². The topological polar surface area (TPSA) is 106 Å². The number of piperazine rings is 1. The van der Waals surface area contributed by atoms with E-state index in [0.717, 1.165) is 0 Å². The SMILES string of the molecule is COC[C@H]1CN(c2ccc(Nc3ncc4c(n3)N(C)CN(c3c(Cl)cccc3Cl)C4=O)cc2[C@@H](O)C(F)F)CCN1. The number of aliphatic hydroxyl groups excluding tert-OH is 1. The van der Waals surface area contributed by atoms with Gasteiger partial charge in [0.2, 0.25) is 5.95 Å². The quantitative estimate of drug-likeness (QED) is 0.345. The van der Waals surface area contributed by atoms with Gasteiger partial charge in [-0.2, -0.15) is 4.98 Å². The molecule has 0 unspecified atom stereocenters. The first-order valence-electron chi connectivity index (χ1n) is 12.9. The third-order valence-corrected chi connectivity index (χ3v) is 7.58. The fourth-order valence-electron chi connectivity index (χ4n) is 5.06. The monoisotopic (exact) mass is 607 g/mol. The number of anilines is 5. The molecule has 10 nitrogen and oxygen atoms in total. The molecule has 1 aromatic heterocycles. The van der Waals surface area contributed by atoms with Crippen molar-refractivity contribution in [3.05, 3.63) is 63.8 Å². The lowest BCUT2D eigenvalue weighted by Gasteiger charge is -2.36. The first-order chi connectivity index (χ1) is 19.7. The van der Waals surface area contributed by atoms with E-state index in [9.17, 15) is 18.7 Å². The van der Waals surface area contributed by atoms with Crippen LogP contribution in [-0.2, 0) is 4.74 Å². The second kappa shape index (κ2) is 12.3. The molecule has 5 rings (SSSR count). The van der Waals surface area contributed by atoms with Gasteiger partial charge >= 0.3 is 0 Å². The fraction of sp³-hybridized carbons (Fsp3) is 0.370. The lowest BCUT2D eigenvalue weighted by molar-refractivity contribution is -0.00553. The summed E-state index contributed by atoms with van der Waals surface area (Å²) < 4.78 is 32.6. The number of carbonyl (C=O) groups excluding carboxylic acids is 1. The van der Waals surface area contributed by atoms with Crippen molar-refractivity contribution in [3.63, 3.8) is 0 Å². The number of ether oxygens (including phenoxy) is 1. The second-order valence-corrected chi connectivity index (χ2v) is 10.6. The molecule has 3 aromatic rings. The van der Waals surface area contributed by atoms with Crippen LogP contribution < -0.4 is 25.3 Å². The van der Waals surface area contributed by atoms with Crippen LogP contribution in [0.3, 0.4) is 0 Å². The van der Waals surface area contributed by atoms with Crippen molar-refractivity contribution in [2.45, 2.75) is 18.6 Å². The van der Waals surface area contributed by atoms with Crippen LogP contribution in [0.5, 0.6) is 0 Å². The number of nitrogens with one attached hydrogen (secondary N) is 2. The van der Waals surface area contributed by atoms with Crippen LogP contribution in [0, 0.1) is 0 Å². The summed E-state index contributed by atoms with van der Waals surface area (Å²) in [4.78, 5) is 27.3. The molecule has 2 aliphatic heterocycles. The van der Waals surface area contributed by atoms with Crippen molar-refractivity contribution in [1.82, 2.24) is 15.3 Å². The second-order valence-electron chi connectivity index (χ2n) is 9.80. The molecule has 3 heterocycles. The van der Waals surface area contributed by atoms with Crippen molar-refractivity contribution in [3.8, 4) is 0 Å². The van der Waals surface area contributed by atoms with Crippen molar-refractivity contribution in [2.75, 3.05) is 67.1 Å². The molecule has 0 aliphatic carbocycles. The molecule has 2 atom stereocenters. The molecule has 14 heteroatoms. The summed E-state index contributed by atoms with van der Waals surface area (Å²) in [6, 6.07) is 9.90. The minimum atomic E-state index is -2.98. The number of methoxy groups -OCH3 is 1. The Morgan fingerprint density at radius 2 is 2.00 bits per heavy atom. The predicted molar refractivity (Wildman–Crippen MR) is 155 cm³/mol. The number of hydrogen-bond donors (Lipinski definition) is 3. The molecule has 41 heavy (non-hydrogen) atoms. The van der Waals surface area contributed by atoms with Gasteiger partial charge in [-0.25, -0.2) is 13.8 Å². The van der Waals surface area contributed by atoms with Gasteiger partial charge in [-0.05, 0) is 30.3 Å². The van der Waals surface area contributed by atoms with Gasteiger partial charge in [0.15, 0.2) is 0 Å². The Labute approximate surface area is 245 Å². The Balaban J connectivity index is 1.41. The first kappa shape index (κ1) is 29.2. The third kappa shape index (κ3) is 6.02. The molecule has 2 aliphatic rings. The number of nitrogens with zero attached hydrogens (tertiary/aromatic N) is 5. The molecule has 0 spiro atoms. The summed E-state index contributed by atoms with van der Waals surface area (Å²) in [7, 11) is 3.37. The van der Waals surface area contributed by atoms with E-state index in [2.05, 4.69) is 20.6 Å². The molecule has 1 fully saturated rings. The number of halogens is 4.